The fraction of sp³-hybridized carbons (Fsp3) is 0.611. The molecule has 0 saturated heterocycles. The lowest BCUT2D eigenvalue weighted by atomic mass is 10.1. The van der Waals surface area contributed by atoms with E-state index in [9.17, 15) is 13.9 Å². The van der Waals surface area contributed by atoms with Crippen molar-refractivity contribution >= 4 is 94.6 Å². The van der Waals surface area contributed by atoms with Gasteiger partial charge in [0, 0.05) is 24.1 Å². The van der Waals surface area contributed by atoms with Gasteiger partial charge in [-0.05, 0) is 107 Å². The van der Waals surface area contributed by atoms with E-state index in [1.54, 1.807) is 27.7 Å². The zero-order valence-electron chi connectivity index (χ0n) is 18.1. The highest BCUT2D eigenvalue weighted by Gasteiger charge is 2.51. The summed E-state index contributed by atoms with van der Waals surface area (Å²) >= 11 is 6.45. The maximum absolute atomic E-state index is 13.8. The number of hydrogen-bond donors (Lipinski definition) is 1. The van der Waals surface area contributed by atoms with Crippen molar-refractivity contribution in [1.29, 1.82) is 0 Å². The van der Waals surface area contributed by atoms with Crippen LogP contribution < -0.4 is 5.32 Å². The smallest absolute Gasteiger partial charge is 0.324 e. The molecule has 0 aliphatic heterocycles. The summed E-state index contributed by atoms with van der Waals surface area (Å²) in [7, 11) is -7.76. The van der Waals surface area contributed by atoms with Crippen LogP contribution in [0, 0.1) is 10.7 Å². The molecular weight excluding hydrogens is 785 g/mol. The number of amides is 1. The summed E-state index contributed by atoms with van der Waals surface area (Å²) in [6.07, 6.45) is 0.0641. The second kappa shape index (κ2) is 13.9. The van der Waals surface area contributed by atoms with Crippen molar-refractivity contribution in [2.75, 3.05) is 31.7 Å². The molecule has 31 heavy (non-hydrogen) atoms. The average molecular weight is 813 g/mol. The zero-order valence-corrected chi connectivity index (χ0v) is 26.3. The first-order valence-electron chi connectivity index (χ1n) is 9.71. The molecule has 178 valence electrons. The van der Waals surface area contributed by atoms with Gasteiger partial charge >= 0.3 is 15.2 Å². The first kappa shape index (κ1) is 30.2. The largest absolute Gasteiger partial charge is 0.346 e. The number of nitrogens with one attached hydrogen (secondary N) is 1. The zero-order chi connectivity index (χ0) is 23.8. The van der Waals surface area contributed by atoms with Gasteiger partial charge in [0.15, 0.2) is 5.40 Å². The summed E-state index contributed by atoms with van der Waals surface area (Å²) in [5.41, 5.74) is 1.41. The SMILES string of the molecule is CCOP(=O)(OCC)C(Cc1c(I)cc(I)c(NC(C)=O)c1I)P(=O)(OCC)OCC. The Morgan fingerprint density at radius 3 is 1.68 bits per heavy atom. The van der Waals surface area contributed by atoms with Gasteiger partial charge in [0.1, 0.15) is 0 Å². The van der Waals surface area contributed by atoms with E-state index in [2.05, 4.69) is 73.1 Å². The van der Waals surface area contributed by atoms with E-state index in [0.717, 1.165) is 16.3 Å². The van der Waals surface area contributed by atoms with Crippen LogP contribution in [0.5, 0.6) is 0 Å². The van der Waals surface area contributed by atoms with Crippen molar-refractivity contribution in [1.82, 2.24) is 0 Å². The molecule has 1 aromatic carbocycles. The van der Waals surface area contributed by atoms with Crippen LogP contribution in [-0.2, 0) is 38.4 Å². The molecule has 0 saturated carbocycles. The van der Waals surface area contributed by atoms with Gasteiger partial charge in [0.05, 0.1) is 32.1 Å². The molecule has 0 unspecified atom stereocenters. The highest BCUT2D eigenvalue weighted by atomic mass is 127. The van der Waals surface area contributed by atoms with E-state index in [1.807, 2.05) is 6.07 Å². The lowest BCUT2D eigenvalue weighted by Gasteiger charge is -2.32. The lowest BCUT2D eigenvalue weighted by Crippen LogP contribution is -2.22. The second-order valence-corrected chi connectivity index (χ2v) is 14.4. The molecule has 0 aromatic heterocycles. The van der Waals surface area contributed by atoms with Gasteiger partial charge in [-0.25, -0.2) is 0 Å². The average Bonchev–Trinajstić information content (AvgIpc) is 2.65. The maximum atomic E-state index is 13.8. The second-order valence-electron chi connectivity index (χ2n) is 6.12. The van der Waals surface area contributed by atoms with Gasteiger partial charge in [-0.2, -0.15) is 0 Å². The first-order valence-corrected chi connectivity index (χ1v) is 16.2. The Labute approximate surface area is 225 Å². The van der Waals surface area contributed by atoms with Crippen molar-refractivity contribution < 1.29 is 32.0 Å². The van der Waals surface area contributed by atoms with Crippen LogP contribution in [0.2, 0.25) is 0 Å². The molecule has 13 heteroatoms. The maximum Gasteiger partial charge on any atom is 0.346 e. The minimum absolute atomic E-state index is 0.0641. The van der Waals surface area contributed by atoms with E-state index in [4.69, 9.17) is 18.1 Å². The van der Waals surface area contributed by atoms with E-state index >= 15 is 0 Å². The third kappa shape index (κ3) is 8.12. The molecule has 0 aliphatic carbocycles. The predicted octanol–water partition coefficient (Wildman–Crippen LogP) is 6.86. The van der Waals surface area contributed by atoms with Gasteiger partial charge in [0.25, 0.3) is 0 Å². The Balaban J connectivity index is 3.71. The molecule has 1 amide bonds. The number of benzene rings is 1. The summed E-state index contributed by atoms with van der Waals surface area (Å²) in [5, 5.41) is 1.68. The van der Waals surface area contributed by atoms with Crippen LogP contribution in [-0.4, -0.2) is 37.7 Å². The van der Waals surface area contributed by atoms with Gasteiger partial charge in [-0.1, -0.05) is 0 Å². The summed E-state index contributed by atoms with van der Waals surface area (Å²) in [5.74, 6) is -0.205. The van der Waals surface area contributed by atoms with Crippen LogP contribution >= 0.6 is 83.0 Å². The summed E-state index contributed by atoms with van der Waals surface area (Å²) in [6.45, 7) is 8.68. The molecule has 8 nitrogen and oxygen atoms in total. The first-order chi connectivity index (χ1) is 14.5. The van der Waals surface area contributed by atoms with Crippen molar-refractivity contribution in [3.05, 3.63) is 22.3 Å². The van der Waals surface area contributed by atoms with E-state index < -0.39 is 20.6 Å². The topological polar surface area (TPSA) is 100 Å². The molecule has 0 bridgehead atoms. The molecular formula is C18H28I3NO7P2. The Hall–Kier alpha value is 1.18. The van der Waals surface area contributed by atoms with Gasteiger partial charge in [0.2, 0.25) is 5.91 Å². The number of carbonyl (C=O) groups is 1. The molecule has 0 radical (unpaired) electrons. The quantitative estimate of drug-likeness (QED) is 0.172. The standard InChI is InChI=1S/C18H28I3NO7P2/c1-6-26-30(24,27-7-2)16(31(25,28-8-3)29-9-4)10-13-14(19)11-15(20)18(17(13)21)22-12(5)23/h11,16H,6-10H2,1-5H3,(H,22,23). The van der Waals surface area contributed by atoms with Crippen LogP contribution in [0.4, 0.5) is 5.69 Å². The molecule has 0 spiro atoms. The van der Waals surface area contributed by atoms with Crippen LogP contribution in [0.3, 0.4) is 0 Å². The van der Waals surface area contributed by atoms with E-state index in [1.165, 1.54) is 6.92 Å². The Bertz CT molecular complexity index is 819. The molecule has 1 aromatic rings. The van der Waals surface area contributed by atoms with Crippen molar-refractivity contribution in [2.24, 2.45) is 0 Å². The summed E-state index contributed by atoms with van der Waals surface area (Å²) in [4.78, 5) is 11.7. The van der Waals surface area contributed by atoms with Crippen LogP contribution in [0.1, 0.15) is 40.2 Å². The lowest BCUT2D eigenvalue weighted by molar-refractivity contribution is -0.114. The number of anilines is 1. The van der Waals surface area contributed by atoms with E-state index in [-0.39, 0.29) is 38.8 Å². The molecule has 1 rings (SSSR count). The molecule has 0 atom stereocenters. The number of hydrogen-bond acceptors (Lipinski definition) is 7. The van der Waals surface area contributed by atoms with Crippen LogP contribution in [0.25, 0.3) is 0 Å². The van der Waals surface area contributed by atoms with Crippen molar-refractivity contribution in [2.45, 2.75) is 46.4 Å². The minimum atomic E-state index is -3.88. The predicted molar refractivity (Wildman–Crippen MR) is 148 cm³/mol. The van der Waals surface area contributed by atoms with Crippen molar-refractivity contribution in [3.63, 3.8) is 0 Å². The summed E-state index contributed by atoms with van der Waals surface area (Å²) in [6, 6.07) is 1.90. The third-order valence-electron chi connectivity index (χ3n) is 3.92. The monoisotopic (exact) mass is 813 g/mol. The fourth-order valence-electron chi connectivity index (χ4n) is 2.83. The number of halogens is 3. The Kier molecular flexibility index (Phi) is 13.6. The molecule has 0 fully saturated rings. The highest BCUT2D eigenvalue weighted by Crippen LogP contribution is 2.71. The molecule has 0 heterocycles. The van der Waals surface area contributed by atoms with Gasteiger partial charge in [-0.3, -0.25) is 13.9 Å². The van der Waals surface area contributed by atoms with E-state index in [0.29, 0.717) is 5.69 Å². The minimum Gasteiger partial charge on any atom is -0.324 e. The highest BCUT2D eigenvalue weighted by molar-refractivity contribution is 14.1. The fourth-order valence-corrected chi connectivity index (χ4v) is 12.2. The van der Waals surface area contributed by atoms with Crippen molar-refractivity contribution in [3.8, 4) is 0 Å². The Morgan fingerprint density at radius 2 is 1.32 bits per heavy atom. The normalized spacial score (nSPS) is 12.4. The van der Waals surface area contributed by atoms with Gasteiger partial charge in [-0.15, -0.1) is 0 Å². The number of rotatable bonds is 13. The molecule has 1 N–H and O–H groups in total. The molecule has 0 aliphatic rings. The third-order valence-corrected chi connectivity index (χ3v) is 12.9. The number of carbonyl (C=O) groups excluding carboxylic acids is 1. The summed E-state index contributed by atoms with van der Waals surface area (Å²) < 4.78 is 52.4. The van der Waals surface area contributed by atoms with Gasteiger partial charge < -0.3 is 23.4 Å². The Morgan fingerprint density at radius 1 is 0.903 bits per heavy atom. The van der Waals surface area contributed by atoms with Crippen LogP contribution in [0.15, 0.2) is 6.07 Å².